The lowest BCUT2D eigenvalue weighted by Gasteiger charge is -1.94. The van der Waals surface area contributed by atoms with Crippen molar-refractivity contribution in [1.29, 1.82) is 0 Å². The standard InChI is InChI=1S/C11H9N3/c1-14-10-6-12-4-2-8(10)9-3-5-13-7-11(9)14/h2-7H,1H3. The van der Waals surface area contributed by atoms with Gasteiger partial charge in [0.25, 0.3) is 0 Å². The van der Waals surface area contributed by atoms with Crippen LogP contribution in [-0.2, 0) is 7.05 Å². The Hall–Kier alpha value is -1.90. The normalized spacial score (nSPS) is 11.2. The van der Waals surface area contributed by atoms with E-state index in [0.29, 0.717) is 0 Å². The third-order valence-electron chi connectivity index (χ3n) is 2.61. The first-order valence-electron chi connectivity index (χ1n) is 4.50. The van der Waals surface area contributed by atoms with Crippen molar-refractivity contribution in [3.63, 3.8) is 0 Å². The van der Waals surface area contributed by atoms with Crippen LogP contribution in [0.5, 0.6) is 0 Å². The van der Waals surface area contributed by atoms with E-state index in [1.54, 1.807) is 0 Å². The Morgan fingerprint density at radius 2 is 1.43 bits per heavy atom. The highest BCUT2D eigenvalue weighted by molar-refractivity contribution is 6.07. The smallest absolute Gasteiger partial charge is 0.0675 e. The molecule has 0 aliphatic carbocycles. The fraction of sp³-hybridized carbons (Fsp3) is 0.0909. The summed E-state index contributed by atoms with van der Waals surface area (Å²) < 4.78 is 2.12. The molecule has 3 heteroatoms. The second-order valence-corrected chi connectivity index (χ2v) is 3.34. The second kappa shape index (κ2) is 2.54. The Kier molecular flexibility index (Phi) is 1.36. The Labute approximate surface area is 81.0 Å². The molecule has 0 bridgehead atoms. The SMILES string of the molecule is Cn1c2cnccc2c2ccncc21. The van der Waals surface area contributed by atoms with Gasteiger partial charge in [-0.2, -0.15) is 0 Å². The summed E-state index contributed by atoms with van der Waals surface area (Å²) in [6.45, 7) is 0. The van der Waals surface area contributed by atoms with Gasteiger partial charge in [0, 0.05) is 30.2 Å². The molecule has 14 heavy (non-hydrogen) atoms. The molecule has 3 aromatic heterocycles. The second-order valence-electron chi connectivity index (χ2n) is 3.34. The Morgan fingerprint density at radius 1 is 0.929 bits per heavy atom. The predicted molar refractivity (Wildman–Crippen MR) is 56.0 cm³/mol. The van der Waals surface area contributed by atoms with Gasteiger partial charge in [-0.25, -0.2) is 0 Å². The molecule has 0 saturated heterocycles. The van der Waals surface area contributed by atoms with Gasteiger partial charge in [0.2, 0.25) is 0 Å². The van der Waals surface area contributed by atoms with Crippen molar-refractivity contribution in [2.45, 2.75) is 0 Å². The fourth-order valence-corrected chi connectivity index (χ4v) is 1.89. The summed E-state index contributed by atoms with van der Waals surface area (Å²) in [6, 6.07) is 4.08. The van der Waals surface area contributed by atoms with Crippen LogP contribution in [0, 0.1) is 0 Å². The third kappa shape index (κ3) is 0.812. The van der Waals surface area contributed by atoms with Gasteiger partial charge >= 0.3 is 0 Å². The van der Waals surface area contributed by atoms with Crippen molar-refractivity contribution in [2.75, 3.05) is 0 Å². The lowest BCUT2D eigenvalue weighted by molar-refractivity contribution is 1.00. The number of nitrogens with zero attached hydrogens (tertiary/aromatic N) is 3. The van der Waals surface area contributed by atoms with E-state index in [1.165, 1.54) is 10.8 Å². The first-order chi connectivity index (χ1) is 6.88. The Morgan fingerprint density at radius 3 is 1.93 bits per heavy atom. The minimum absolute atomic E-state index is 1.15. The van der Waals surface area contributed by atoms with Crippen LogP contribution >= 0.6 is 0 Å². The molecule has 0 radical (unpaired) electrons. The first kappa shape index (κ1) is 7.50. The largest absolute Gasteiger partial charge is 0.341 e. The molecule has 68 valence electrons. The molecule has 0 aliphatic rings. The summed E-state index contributed by atoms with van der Waals surface area (Å²) in [5.41, 5.74) is 2.30. The molecular weight excluding hydrogens is 174 g/mol. The van der Waals surface area contributed by atoms with E-state index in [0.717, 1.165) is 11.0 Å². The number of fused-ring (bicyclic) bond motifs is 3. The number of aromatic nitrogens is 3. The molecule has 0 saturated carbocycles. The quantitative estimate of drug-likeness (QED) is 0.534. The van der Waals surface area contributed by atoms with Gasteiger partial charge in [0.15, 0.2) is 0 Å². The van der Waals surface area contributed by atoms with Crippen LogP contribution in [0.4, 0.5) is 0 Å². The molecule has 3 aromatic rings. The molecule has 0 unspecified atom stereocenters. The molecule has 3 nitrogen and oxygen atoms in total. The predicted octanol–water partition coefficient (Wildman–Crippen LogP) is 2.12. The molecule has 0 spiro atoms. The molecule has 0 fully saturated rings. The summed E-state index contributed by atoms with van der Waals surface area (Å²) >= 11 is 0. The summed E-state index contributed by atoms with van der Waals surface area (Å²) in [5.74, 6) is 0. The van der Waals surface area contributed by atoms with Crippen molar-refractivity contribution in [1.82, 2.24) is 14.5 Å². The zero-order chi connectivity index (χ0) is 9.54. The van der Waals surface area contributed by atoms with E-state index in [9.17, 15) is 0 Å². The number of hydrogen-bond donors (Lipinski definition) is 0. The van der Waals surface area contributed by atoms with Gasteiger partial charge in [-0.1, -0.05) is 0 Å². The average Bonchev–Trinajstić information content (AvgIpc) is 2.55. The highest BCUT2D eigenvalue weighted by Crippen LogP contribution is 2.25. The number of rotatable bonds is 0. The van der Waals surface area contributed by atoms with Gasteiger partial charge in [-0.15, -0.1) is 0 Å². The minimum atomic E-state index is 1.15. The van der Waals surface area contributed by atoms with Crippen molar-refractivity contribution >= 4 is 21.8 Å². The summed E-state index contributed by atoms with van der Waals surface area (Å²) in [5, 5.41) is 2.47. The highest BCUT2D eigenvalue weighted by atomic mass is 15.0. The third-order valence-corrected chi connectivity index (χ3v) is 2.61. The summed E-state index contributed by atoms with van der Waals surface area (Å²) in [7, 11) is 2.04. The van der Waals surface area contributed by atoms with Gasteiger partial charge in [-0.05, 0) is 12.1 Å². The van der Waals surface area contributed by atoms with E-state index >= 15 is 0 Å². The Balaban J connectivity index is 2.69. The summed E-state index contributed by atoms with van der Waals surface area (Å²) in [4.78, 5) is 8.26. The maximum Gasteiger partial charge on any atom is 0.0675 e. The topological polar surface area (TPSA) is 30.7 Å². The minimum Gasteiger partial charge on any atom is -0.341 e. The van der Waals surface area contributed by atoms with Crippen molar-refractivity contribution in [2.24, 2.45) is 7.05 Å². The van der Waals surface area contributed by atoms with E-state index in [1.807, 2.05) is 44.0 Å². The van der Waals surface area contributed by atoms with Crippen LogP contribution in [0.2, 0.25) is 0 Å². The van der Waals surface area contributed by atoms with Gasteiger partial charge in [0.05, 0.1) is 23.4 Å². The van der Waals surface area contributed by atoms with Crippen molar-refractivity contribution < 1.29 is 0 Å². The number of aryl methyl sites for hydroxylation is 1. The number of pyridine rings is 2. The molecule has 0 amide bonds. The van der Waals surface area contributed by atoms with Crippen LogP contribution in [0.3, 0.4) is 0 Å². The zero-order valence-electron chi connectivity index (χ0n) is 7.81. The fourth-order valence-electron chi connectivity index (χ4n) is 1.89. The lowest BCUT2D eigenvalue weighted by atomic mass is 10.2. The molecule has 0 N–H and O–H groups in total. The van der Waals surface area contributed by atoms with Gasteiger partial charge < -0.3 is 4.57 Å². The van der Waals surface area contributed by atoms with E-state index < -0.39 is 0 Å². The van der Waals surface area contributed by atoms with Crippen LogP contribution in [0.1, 0.15) is 0 Å². The average molecular weight is 183 g/mol. The van der Waals surface area contributed by atoms with E-state index in [4.69, 9.17) is 0 Å². The molecule has 3 rings (SSSR count). The van der Waals surface area contributed by atoms with Gasteiger partial charge in [0.1, 0.15) is 0 Å². The van der Waals surface area contributed by atoms with Crippen molar-refractivity contribution in [3.8, 4) is 0 Å². The zero-order valence-corrected chi connectivity index (χ0v) is 7.81. The maximum absolute atomic E-state index is 4.13. The summed E-state index contributed by atoms with van der Waals surface area (Å²) in [6.07, 6.45) is 7.41. The van der Waals surface area contributed by atoms with Crippen LogP contribution in [-0.4, -0.2) is 14.5 Å². The monoisotopic (exact) mass is 183 g/mol. The molecule has 0 aliphatic heterocycles. The molecule has 0 aromatic carbocycles. The maximum atomic E-state index is 4.13. The van der Waals surface area contributed by atoms with Crippen molar-refractivity contribution in [3.05, 3.63) is 36.9 Å². The number of hydrogen-bond acceptors (Lipinski definition) is 2. The van der Waals surface area contributed by atoms with E-state index in [2.05, 4.69) is 14.5 Å². The molecule has 0 atom stereocenters. The van der Waals surface area contributed by atoms with Crippen LogP contribution < -0.4 is 0 Å². The Bertz CT molecular complexity index is 557. The first-order valence-corrected chi connectivity index (χ1v) is 4.50. The van der Waals surface area contributed by atoms with E-state index in [-0.39, 0.29) is 0 Å². The lowest BCUT2D eigenvalue weighted by Crippen LogP contribution is -1.86. The molecular formula is C11H9N3. The van der Waals surface area contributed by atoms with Crippen LogP contribution in [0.15, 0.2) is 36.9 Å². The van der Waals surface area contributed by atoms with Gasteiger partial charge in [-0.3, -0.25) is 9.97 Å². The highest BCUT2D eigenvalue weighted by Gasteiger charge is 2.06. The molecule has 3 heterocycles. The van der Waals surface area contributed by atoms with Crippen LogP contribution in [0.25, 0.3) is 21.8 Å².